The molecule has 2 rings (SSSR count). The maximum absolute atomic E-state index is 12.2. The minimum atomic E-state index is -0.0809. The number of anilines is 1. The maximum Gasteiger partial charge on any atom is 0.229 e. The third-order valence-corrected chi connectivity index (χ3v) is 5.10. The Morgan fingerprint density at radius 1 is 1.23 bits per heavy atom. The lowest BCUT2D eigenvalue weighted by atomic mass is 10.1. The van der Waals surface area contributed by atoms with Crippen molar-refractivity contribution in [3.63, 3.8) is 0 Å². The summed E-state index contributed by atoms with van der Waals surface area (Å²) in [5.41, 5.74) is 0. The summed E-state index contributed by atoms with van der Waals surface area (Å²) in [5.74, 6) is 1.20. The maximum atomic E-state index is 12.2. The average molecular weight is 335 g/mol. The van der Waals surface area contributed by atoms with Gasteiger partial charge < -0.3 is 5.32 Å². The van der Waals surface area contributed by atoms with Crippen molar-refractivity contribution in [1.29, 1.82) is 0 Å². The van der Waals surface area contributed by atoms with Gasteiger partial charge in [0.05, 0.1) is 0 Å². The van der Waals surface area contributed by atoms with Gasteiger partial charge >= 0.3 is 0 Å². The molecule has 0 aliphatic rings. The van der Waals surface area contributed by atoms with Gasteiger partial charge in [0.25, 0.3) is 0 Å². The first-order valence-corrected chi connectivity index (χ1v) is 9.16. The molecule has 1 N–H and O–H groups in total. The van der Waals surface area contributed by atoms with Crippen molar-refractivity contribution in [1.82, 2.24) is 10.2 Å². The Morgan fingerprint density at radius 3 is 2.64 bits per heavy atom. The lowest BCUT2D eigenvalue weighted by Crippen LogP contribution is -2.22. The first kappa shape index (κ1) is 17.0. The Hall–Kier alpha value is -1.40. The standard InChI is InChI=1S/C16H21N3OS2/c1-11(2)9-14-18-19-16(22-14)17-15(20)12(3)10-21-13-7-5-4-6-8-13/h4-8,11-12H,9-10H2,1-3H3,(H,17,19,20). The number of nitrogens with zero attached hydrogens (tertiary/aromatic N) is 2. The molecule has 0 radical (unpaired) electrons. The highest BCUT2D eigenvalue weighted by Gasteiger charge is 2.16. The van der Waals surface area contributed by atoms with E-state index in [-0.39, 0.29) is 11.8 Å². The van der Waals surface area contributed by atoms with E-state index in [0.717, 1.165) is 17.2 Å². The number of rotatable bonds is 7. The van der Waals surface area contributed by atoms with Crippen LogP contribution < -0.4 is 5.32 Å². The second-order valence-electron chi connectivity index (χ2n) is 5.61. The molecule has 1 amide bonds. The van der Waals surface area contributed by atoms with Gasteiger partial charge in [-0.15, -0.1) is 22.0 Å². The van der Waals surface area contributed by atoms with Crippen LogP contribution in [-0.4, -0.2) is 21.9 Å². The van der Waals surface area contributed by atoms with E-state index in [2.05, 4.69) is 41.5 Å². The predicted octanol–water partition coefficient (Wildman–Crippen LogP) is 4.10. The monoisotopic (exact) mass is 335 g/mol. The fraction of sp³-hybridized carbons (Fsp3) is 0.438. The summed E-state index contributed by atoms with van der Waals surface area (Å²) in [5, 5.41) is 12.6. The van der Waals surface area contributed by atoms with Crippen LogP contribution in [0.3, 0.4) is 0 Å². The van der Waals surface area contributed by atoms with Gasteiger partial charge in [-0.1, -0.05) is 50.3 Å². The van der Waals surface area contributed by atoms with E-state index in [4.69, 9.17) is 0 Å². The lowest BCUT2D eigenvalue weighted by Gasteiger charge is -2.09. The van der Waals surface area contributed by atoms with Crippen LogP contribution in [0.4, 0.5) is 5.13 Å². The van der Waals surface area contributed by atoms with Crippen molar-refractivity contribution in [2.75, 3.05) is 11.1 Å². The lowest BCUT2D eigenvalue weighted by molar-refractivity contribution is -0.118. The summed E-state index contributed by atoms with van der Waals surface area (Å²) in [4.78, 5) is 13.4. The van der Waals surface area contributed by atoms with Crippen LogP contribution in [0.2, 0.25) is 0 Å². The molecule has 1 aromatic carbocycles. The minimum Gasteiger partial charge on any atom is -0.300 e. The normalized spacial score (nSPS) is 12.4. The zero-order valence-electron chi connectivity index (χ0n) is 13.1. The number of thioether (sulfide) groups is 1. The molecule has 0 spiro atoms. The fourth-order valence-electron chi connectivity index (χ4n) is 1.78. The van der Waals surface area contributed by atoms with Gasteiger partial charge in [0.2, 0.25) is 11.0 Å². The highest BCUT2D eigenvalue weighted by molar-refractivity contribution is 7.99. The summed E-state index contributed by atoms with van der Waals surface area (Å²) in [6.45, 7) is 6.21. The smallest absolute Gasteiger partial charge is 0.229 e. The predicted molar refractivity (Wildman–Crippen MR) is 93.4 cm³/mol. The van der Waals surface area contributed by atoms with E-state index in [9.17, 15) is 4.79 Å². The summed E-state index contributed by atoms with van der Waals surface area (Å²) in [6, 6.07) is 10.1. The first-order valence-electron chi connectivity index (χ1n) is 7.35. The Kier molecular flexibility index (Phi) is 6.39. The fourth-order valence-corrected chi connectivity index (χ4v) is 3.68. The molecule has 1 atom stereocenters. The molecular formula is C16H21N3OS2. The molecule has 1 heterocycles. The number of hydrogen-bond donors (Lipinski definition) is 1. The van der Waals surface area contributed by atoms with Crippen LogP contribution in [0.25, 0.3) is 0 Å². The number of carbonyl (C=O) groups excluding carboxylic acids is 1. The minimum absolute atomic E-state index is 0.00400. The van der Waals surface area contributed by atoms with Crippen molar-refractivity contribution >= 4 is 34.1 Å². The SMILES string of the molecule is CC(C)Cc1nnc(NC(=O)C(C)CSc2ccccc2)s1. The summed E-state index contributed by atoms with van der Waals surface area (Å²) < 4.78 is 0. The van der Waals surface area contributed by atoms with E-state index in [0.29, 0.717) is 11.0 Å². The van der Waals surface area contributed by atoms with E-state index in [1.54, 1.807) is 11.8 Å². The van der Waals surface area contributed by atoms with Gasteiger partial charge in [-0.25, -0.2) is 0 Å². The van der Waals surface area contributed by atoms with Gasteiger partial charge in [0.15, 0.2) is 0 Å². The van der Waals surface area contributed by atoms with Crippen LogP contribution in [0.5, 0.6) is 0 Å². The van der Waals surface area contributed by atoms with Crippen LogP contribution >= 0.6 is 23.1 Å². The molecule has 0 fully saturated rings. The second-order valence-corrected chi connectivity index (χ2v) is 7.77. The van der Waals surface area contributed by atoms with Crippen molar-refractivity contribution in [3.8, 4) is 0 Å². The molecule has 0 bridgehead atoms. The quantitative estimate of drug-likeness (QED) is 0.774. The average Bonchev–Trinajstić information content (AvgIpc) is 2.92. The Morgan fingerprint density at radius 2 is 1.95 bits per heavy atom. The number of carbonyl (C=O) groups is 1. The van der Waals surface area contributed by atoms with E-state index >= 15 is 0 Å². The van der Waals surface area contributed by atoms with Crippen LogP contribution in [-0.2, 0) is 11.2 Å². The summed E-state index contributed by atoms with van der Waals surface area (Å²) >= 11 is 3.15. The number of benzene rings is 1. The molecule has 0 aliphatic carbocycles. The Balaban J connectivity index is 1.82. The highest BCUT2D eigenvalue weighted by Crippen LogP contribution is 2.22. The Labute approximate surface area is 139 Å². The van der Waals surface area contributed by atoms with Crippen molar-refractivity contribution in [3.05, 3.63) is 35.3 Å². The summed E-state index contributed by atoms with van der Waals surface area (Å²) in [6.07, 6.45) is 0.896. The first-order chi connectivity index (χ1) is 10.5. The number of nitrogens with one attached hydrogen (secondary N) is 1. The molecule has 22 heavy (non-hydrogen) atoms. The number of aromatic nitrogens is 2. The third kappa shape index (κ3) is 5.42. The Bertz CT molecular complexity index is 598. The van der Waals surface area contributed by atoms with E-state index in [1.807, 2.05) is 25.1 Å². The van der Waals surface area contributed by atoms with Gasteiger partial charge in [-0.3, -0.25) is 4.79 Å². The van der Waals surface area contributed by atoms with Gasteiger partial charge in [0.1, 0.15) is 5.01 Å². The molecular weight excluding hydrogens is 314 g/mol. The zero-order chi connectivity index (χ0) is 15.9. The molecule has 0 saturated carbocycles. The van der Waals surface area contributed by atoms with Gasteiger partial charge in [0, 0.05) is 23.0 Å². The van der Waals surface area contributed by atoms with Crippen LogP contribution in [0, 0.1) is 11.8 Å². The van der Waals surface area contributed by atoms with Gasteiger partial charge in [-0.2, -0.15) is 0 Å². The zero-order valence-corrected chi connectivity index (χ0v) is 14.7. The van der Waals surface area contributed by atoms with E-state index in [1.165, 1.54) is 16.2 Å². The molecule has 6 heteroatoms. The van der Waals surface area contributed by atoms with Crippen molar-refractivity contribution < 1.29 is 4.79 Å². The van der Waals surface area contributed by atoms with Crippen LogP contribution in [0.15, 0.2) is 35.2 Å². The largest absolute Gasteiger partial charge is 0.300 e. The topological polar surface area (TPSA) is 54.9 Å². The molecule has 4 nitrogen and oxygen atoms in total. The highest BCUT2D eigenvalue weighted by atomic mass is 32.2. The third-order valence-electron chi connectivity index (χ3n) is 2.97. The number of amides is 1. The molecule has 1 aromatic heterocycles. The van der Waals surface area contributed by atoms with Gasteiger partial charge in [-0.05, 0) is 18.1 Å². The molecule has 2 aromatic rings. The summed E-state index contributed by atoms with van der Waals surface area (Å²) in [7, 11) is 0. The van der Waals surface area contributed by atoms with Crippen LogP contribution in [0.1, 0.15) is 25.8 Å². The molecule has 0 saturated heterocycles. The van der Waals surface area contributed by atoms with Crippen molar-refractivity contribution in [2.45, 2.75) is 32.1 Å². The molecule has 0 aliphatic heterocycles. The van der Waals surface area contributed by atoms with E-state index < -0.39 is 0 Å². The molecule has 1 unspecified atom stereocenters. The van der Waals surface area contributed by atoms with Crippen molar-refractivity contribution in [2.24, 2.45) is 11.8 Å². The number of hydrogen-bond acceptors (Lipinski definition) is 5. The second kappa shape index (κ2) is 8.29. The molecule has 118 valence electrons.